The fourth-order valence-corrected chi connectivity index (χ4v) is 2.77. The van der Waals surface area contributed by atoms with E-state index in [1.807, 2.05) is 43.1 Å². The lowest BCUT2D eigenvalue weighted by molar-refractivity contribution is 0.102. The number of anilines is 2. The SMILES string of the molecule is CCCCN(C)c1nc(C)cc(C(=O)Nc2ccccc2C(C)(C)C)n1. The molecule has 0 radical (unpaired) electrons. The van der Waals surface area contributed by atoms with Crippen LogP contribution in [0.1, 0.15) is 62.3 Å². The number of hydrogen-bond donors (Lipinski definition) is 1. The van der Waals surface area contributed by atoms with E-state index in [2.05, 4.69) is 43.0 Å². The Morgan fingerprint density at radius 3 is 2.54 bits per heavy atom. The van der Waals surface area contributed by atoms with Gasteiger partial charge in [0.05, 0.1) is 0 Å². The van der Waals surface area contributed by atoms with Gasteiger partial charge in [-0.05, 0) is 36.5 Å². The smallest absolute Gasteiger partial charge is 0.274 e. The number of nitrogens with one attached hydrogen (secondary N) is 1. The molecule has 5 nitrogen and oxygen atoms in total. The minimum atomic E-state index is -0.211. The lowest BCUT2D eigenvalue weighted by atomic mass is 9.86. The van der Waals surface area contributed by atoms with Crippen molar-refractivity contribution in [2.75, 3.05) is 23.8 Å². The van der Waals surface area contributed by atoms with Gasteiger partial charge in [-0.1, -0.05) is 52.3 Å². The lowest BCUT2D eigenvalue weighted by Gasteiger charge is -2.23. The molecule has 0 spiro atoms. The van der Waals surface area contributed by atoms with Crippen molar-refractivity contribution < 1.29 is 4.79 Å². The van der Waals surface area contributed by atoms with Crippen molar-refractivity contribution in [3.05, 3.63) is 47.3 Å². The molecule has 0 aliphatic carbocycles. The minimum absolute atomic E-state index is 0.0585. The van der Waals surface area contributed by atoms with E-state index in [1.54, 1.807) is 6.07 Å². The van der Waals surface area contributed by atoms with Crippen LogP contribution >= 0.6 is 0 Å². The number of nitrogens with zero attached hydrogens (tertiary/aromatic N) is 3. The van der Waals surface area contributed by atoms with Crippen LogP contribution in [0.25, 0.3) is 0 Å². The summed E-state index contributed by atoms with van der Waals surface area (Å²) in [4.78, 5) is 23.8. The Morgan fingerprint density at radius 2 is 1.88 bits per heavy atom. The molecule has 0 unspecified atom stereocenters. The van der Waals surface area contributed by atoms with Crippen molar-refractivity contribution in [1.82, 2.24) is 9.97 Å². The van der Waals surface area contributed by atoms with Gasteiger partial charge in [0.15, 0.2) is 0 Å². The van der Waals surface area contributed by atoms with E-state index < -0.39 is 0 Å². The van der Waals surface area contributed by atoms with Gasteiger partial charge in [0.2, 0.25) is 5.95 Å². The molecule has 1 N–H and O–H groups in total. The molecule has 0 bridgehead atoms. The number of carbonyl (C=O) groups is 1. The molecule has 0 aliphatic rings. The van der Waals surface area contributed by atoms with Crippen LogP contribution in [0.2, 0.25) is 0 Å². The number of para-hydroxylation sites is 1. The van der Waals surface area contributed by atoms with Crippen LogP contribution in [0.4, 0.5) is 11.6 Å². The van der Waals surface area contributed by atoms with Crippen LogP contribution < -0.4 is 10.2 Å². The van der Waals surface area contributed by atoms with E-state index in [1.165, 1.54) is 0 Å². The highest BCUT2D eigenvalue weighted by atomic mass is 16.1. The Kier molecular flexibility index (Phi) is 6.35. The van der Waals surface area contributed by atoms with Crippen molar-refractivity contribution in [2.24, 2.45) is 0 Å². The molecule has 2 rings (SSSR count). The van der Waals surface area contributed by atoms with Crippen molar-refractivity contribution in [3.63, 3.8) is 0 Å². The largest absolute Gasteiger partial charge is 0.344 e. The molecule has 1 aromatic heterocycles. The molecule has 0 saturated heterocycles. The zero-order valence-electron chi connectivity index (χ0n) is 16.8. The maximum atomic E-state index is 12.8. The predicted molar refractivity (Wildman–Crippen MR) is 108 cm³/mol. The van der Waals surface area contributed by atoms with Gasteiger partial charge in [-0.15, -0.1) is 0 Å². The summed E-state index contributed by atoms with van der Waals surface area (Å²) in [6.07, 6.45) is 2.17. The van der Waals surface area contributed by atoms with Gasteiger partial charge in [-0.2, -0.15) is 0 Å². The Morgan fingerprint density at radius 1 is 1.19 bits per heavy atom. The second kappa shape index (κ2) is 8.30. The Hall–Kier alpha value is -2.43. The first-order valence-corrected chi connectivity index (χ1v) is 9.20. The number of amides is 1. The highest BCUT2D eigenvalue weighted by Gasteiger charge is 2.20. The molecule has 0 saturated carbocycles. The van der Waals surface area contributed by atoms with E-state index in [-0.39, 0.29) is 11.3 Å². The second-order valence-electron chi connectivity index (χ2n) is 7.72. The highest BCUT2D eigenvalue weighted by molar-refractivity contribution is 6.03. The summed E-state index contributed by atoms with van der Waals surface area (Å²) in [5, 5.41) is 3.02. The number of hydrogen-bond acceptors (Lipinski definition) is 4. The third-order valence-corrected chi connectivity index (χ3v) is 4.25. The standard InChI is InChI=1S/C21H30N4O/c1-7-8-13-25(6)20-22-15(2)14-18(24-20)19(26)23-17-12-10-9-11-16(17)21(3,4)5/h9-12,14H,7-8,13H2,1-6H3,(H,23,26). The summed E-state index contributed by atoms with van der Waals surface area (Å²) in [6, 6.07) is 9.63. The molecule has 2 aromatic rings. The molecular formula is C21H30N4O. The van der Waals surface area contributed by atoms with Crippen molar-refractivity contribution >= 4 is 17.5 Å². The van der Waals surface area contributed by atoms with Crippen LogP contribution in [0.3, 0.4) is 0 Å². The molecule has 0 fully saturated rings. The van der Waals surface area contributed by atoms with Gasteiger partial charge in [0, 0.05) is 25.0 Å². The quantitative estimate of drug-likeness (QED) is 0.825. The summed E-state index contributed by atoms with van der Waals surface area (Å²) in [5.74, 6) is 0.380. The van der Waals surface area contributed by atoms with Crippen LogP contribution in [0.15, 0.2) is 30.3 Å². The predicted octanol–water partition coefficient (Wildman–Crippen LogP) is 4.57. The first-order valence-electron chi connectivity index (χ1n) is 9.20. The van der Waals surface area contributed by atoms with Gasteiger partial charge in [-0.25, -0.2) is 9.97 Å². The maximum absolute atomic E-state index is 12.8. The Bertz CT molecular complexity index is 765. The number of carbonyl (C=O) groups excluding carboxylic acids is 1. The van der Waals surface area contributed by atoms with Gasteiger partial charge in [-0.3, -0.25) is 4.79 Å². The van der Waals surface area contributed by atoms with E-state index in [0.29, 0.717) is 11.6 Å². The maximum Gasteiger partial charge on any atom is 0.274 e. The average Bonchev–Trinajstić information content (AvgIpc) is 2.58. The fraction of sp³-hybridized carbons (Fsp3) is 0.476. The van der Waals surface area contributed by atoms with Gasteiger partial charge in [0.1, 0.15) is 5.69 Å². The first kappa shape index (κ1) is 19.9. The van der Waals surface area contributed by atoms with E-state index in [0.717, 1.165) is 36.3 Å². The third-order valence-electron chi connectivity index (χ3n) is 4.25. The van der Waals surface area contributed by atoms with Crippen molar-refractivity contribution in [1.29, 1.82) is 0 Å². The molecule has 1 aromatic carbocycles. The van der Waals surface area contributed by atoms with Gasteiger partial charge >= 0.3 is 0 Å². The number of benzene rings is 1. The van der Waals surface area contributed by atoms with Gasteiger partial charge in [0.25, 0.3) is 5.91 Å². The van der Waals surface area contributed by atoms with Crippen LogP contribution in [-0.2, 0) is 5.41 Å². The summed E-state index contributed by atoms with van der Waals surface area (Å²) < 4.78 is 0. The number of rotatable bonds is 6. The fourth-order valence-electron chi connectivity index (χ4n) is 2.77. The topological polar surface area (TPSA) is 58.1 Å². The molecule has 5 heteroatoms. The molecule has 0 aliphatic heterocycles. The summed E-state index contributed by atoms with van der Waals surface area (Å²) in [7, 11) is 1.96. The van der Waals surface area contributed by atoms with Crippen LogP contribution in [0, 0.1) is 6.92 Å². The van der Waals surface area contributed by atoms with E-state index in [9.17, 15) is 4.79 Å². The van der Waals surface area contributed by atoms with Crippen LogP contribution in [0.5, 0.6) is 0 Å². The highest BCUT2D eigenvalue weighted by Crippen LogP contribution is 2.29. The average molecular weight is 354 g/mol. The molecular weight excluding hydrogens is 324 g/mol. The van der Waals surface area contributed by atoms with E-state index >= 15 is 0 Å². The normalized spacial score (nSPS) is 11.3. The molecule has 1 heterocycles. The Balaban J connectivity index is 2.27. The summed E-state index contributed by atoms with van der Waals surface area (Å²) >= 11 is 0. The van der Waals surface area contributed by atoms with Crippen LogP contribution in [-0.4, -0.2) is 29.5 Å². The van der Waals surface area contributed by atoms with Crippen molar-refractivity contribution in [2.45, 2.75) is 52.9 Å². The zero-order valence-corrected chi connectivity index (χ0v) is 16.8. The first-order chi connectivity index (χ1) is 12.2. The summed E-state index contributed by atoms with van der Waals surface area (Å²) in [5.41, 5.74) is 3.03. The van der Waals surface area contributed by atoms with Gasteiger partial charge < -0.3 is 10.2 Å². The van der Waals surface area contributed by atoms with Crippen molar-refractivity contribution in [3.8, 4) is 0 Å². The molecule has 1 amide bonds. The summed E-state index contributed by atoms with van der Waals surface area (Å²) in [6.45, 7) is 11.3. The third kappa shape index (κ3) is 5.04. The zero-order chi connectivity index (χ0) is 19.3. The second-order valence-corrected chi connectivity index (χ2v) is 7.72. The van der Waals surface area contributed by atoms with E-state index in [4.69, 9.17) is 0 Å². The molecule has 0 atom stereocenters. The molecule has 26 heavy (non-hydrogen) atoms. The number of aryl methyl sites for hydroxylation is 1. The molecule has 140 valence electrons. The number of unbranched alkanes of at least 4 members (excludes halogenated alkanes) is 1. The minimum Gasteiger partial charge on any atom is -0.344 e. The Labute approximate surface area is 156 Å². The lowest BCUT2D eigenvalue weighted by Crippen LogP contribution is -2.24. The monoisotopic (exact) mass is 354 g/mol. The number of aromatic nitrogens is 2.